The first-order valence-corrected chi connectivity index (χ1v) is 7.79. The van der Waals surface area contributed by atoms with E-state index >= 15 is 0 Å². The van der Waals surface area contributed by atoms with Crippen molar-refractivity contribution in [1.29, 1.82) is 0 Å². The van der Waals surface area contributed by atoms with Crippen LogP contribution in [0.5, 0.6) is 17.2 Å². The van der Waals surface area contributed by atoms with E-state index in [-0.39, 0.29) is 24.8 Å². The molecule has 0 spiro atoms. The number of anilines is 1. The van der Waals surface area contributed by atoms with Crippen molar-refractivity contribution < 1.29 is 28.3 Å². The molecule has 0 aliphatic rings. The van der Waals surface area contributed by atoms with Crippen molar-refractivity contribution in [2.45, 2.75) is 13.3 Å². The molecular weight excluding hydrogens is 342 g/mol. The number of nitrogens with zero attached hydrogens (tertiary/aromatic N) is 1. The van der Waals surface area contributed by atoms with Crippen LogP contribution in [-0.2, 0) is 4.79 Å². The average molecular weight is 363 g/mol. The summed E-state index contributed by atoms with van der Waals surface area (Å²) in [5, 5.41) is 8.91. The van der Waals surface area contributed by atoms with Crippen molar-refractivity contribution in [3.8, 4) is 17.2 Å². The summed E-state index contributed by atoms with van der Waals surface area (Å²) in [6, 6.07) is 4.68. The lowest BCUT2D eigenvalue weighted by atomic mass is 10.1. The van der Waals surface area contributed by atoms with Crippen LogP contribution in [0.4, 0.5) is 5.82 Å². The molecule has 1 aromatic carbocycles. The van der Waals surface area contributed by atoms with E-state index < -0.39 is 0 Å². The Morgan fingerprint density at radius 3 is 2.23 bits per heavy atom. The van der Waals surface area contributed by atoms with Crippen molar-refractivity contribution in [3.05, 3.63) is 29.5 Å². The molecule has 0 saturated carbocycles. The van der Waals surface area contributed by atoms with E-state index in [9.17, 15) is 9.59 Å². The Bertz CT molecular complexity index is 762. The minimum Gasteiger partial charge on any atom is -0.493 e. The molecule has 0 unspecified atom stereocenters. The van der Waals surface area contributed by atoms with Gasteiger partial charge in [-0.25, -0.2) is 0 Å². The van der Waals surface area contributed by atoms with E-state index in [4.69, 9.17) is 18.7 Å². The summed E-state index contributed by atoms with van der Waals surface area (Å²) in [5.41, 5.74) is 0.326. The zero-order valence-corrected chi connectivity index (χ0v) is 15.0. The normalized spacial score (nSPS) is 10.2. The molecule has 26 heavy (non-hydrogen) atoms. The Labute approximate surface area is 150 Å². The molecule has 2 rings (SSSR count). The zero-order chi connectivity index (χ0) is 19.1. The summed E-state index contributed by atoms with van der Waals surface area (Å²) < 4.78 is 20.5. The maximum Gasteiger partial charge on any atom is 0.251 e. The number of ether oxygens (including phenoxy) is 3. The van der Waals surface area contributed by atoms with Gasteiger partial charge in [0.05, 0.1) is 21.3 Å². The third-order valence-electron chi connectivity index (χ3n) is 3.46. The second-order valence-electron chi connectivity index (χ2n) is 5.29. The number of aryl methyl sites for hydroxylation is 1. The van der Waals surface area contributed by atoms with Gasteiger partial charge in [-0.15, -0.1) is 0 Å². The minimum absolute atomic E-state index is 0.0854. The molecule has 9 heteroatoms. The Kier molecular flexibility index (Phi) is 6.42. The summed E-state index contributed by atoms with van der Waals surface area (Å²) in [6.07, 6.45) is 0.0854. The molecule has 9 nitrogen and oxygen atoms in total. The molecule has 0 radical (unpaired) electrons. The van der Waals surface area contributed by atoms with Crippen LogP contribution in [0.25, 0.3) is 0 Å². The maximum atomic E-state index is 12.3. The summed E-state index contributed by atoms with van der Waals surface area (Å²) in [5.74, 6) is 1.42. The molecule has 2 aromatic rings. The highest BCUT2D eigenvalue weighted by Gasteiger charge is 2.17. The van der Waals surface area contributed by atoms with Crippen molar-refractivity contribution in [3.63, 3.8) is 0 Å². The van der Waals surface area contributed by atoms with Gasteiger partial charge in [-0.3, -0.25) is 9.59 Å². The smallest absolute Gasteiger partial charge is 0.251 e. The monoisotopic (exact) mass is 363 g/mol. The fraction of sp³-hybridized carbons (Fsp3) is 0.353. The van der Waals surface area contributed by atoms with Gasteiger partial charge in [-0.05, 0) is 19.1 Å². The molecule has 140 valence electrons. The van der Waals surface area contributed by atoms with Crippen LogP contribution in [0.3, 0.4) is 0 Å². The lowest BCUT2D eigenvalue weighted by Gasteiger charge is -2.14. The highest BCUT2D eigenvalue weighted by Crippen LogP contribution is 2.38. The van der Waals surface area contributed by atoms with Crippen LogP contribution in [0.15, 0.2) is 22.7 Å². The van der Waals surface area contributed by atoms with Gasteiger partial charge in [0.25, 0.3) is 5.91 Å². The minimum atomic E-state index is -0.366. The predicted octanol–water partition coefficient (Wildman–Crippen LogP) is 1.77. The number of rotatable bonds is 8. The topological polar surface area (TPSA) is 112 Å². The highest BCUT2D eigenvalue weighted by atomic mass is 16.5. The number of hydrogen-bond acceptors (Lipinski definition) is 7. The number of benzene rings is 1. The lowest BCUT2D eigenvalue weighted by Crippen LogP contribution is -2.27. The van der Waals surface area contributed by atoms with Crippen LogP contribution in [-0.4, -0.2) is 44.8 Å². The van der Waals surface area contributed by atoms with E-state index in [0.717, 1.165) is 0 Å². The van der Waals surface area contributed by atoms with Crippen LogP contribution >= 0.6 is 0 Å². The molecule has 0 aliphatic carbocycles. The van der Waals surface area contributed by atoms with Gasteiger partial charge in [-0.2, -0.15) is 0 Å². The highest BCUT2D eigenvalue weighted by molar-refractivity contribution is 5.96. The van der Waals surface area contributed by atoms with Crippen LogP contribution in [0.1, 0.15) is 22.5 Å². The van der Waals surface area contributed by atoms with E-state index in [1.165, 1.54) is 33.5 Å². The molecule has 0 aliphatic heterocycles. The number of methoxy groups -OCH3 is 3. The second-order valence-corrected chi connectivity index (χ2v) is 5.29. The fourth-order valence-corrected chi connectivity index (χ4v) is 2.23. The van der Waals surface area contributed by atoms with E-state index in [1.54, 1.807) is 13.0 Å². The average Bonchev–Trinajstić information content (AvgIpc) is 3.04. The molecular formula is C17H21N3O6. The van der Waals surface area contributed by atoms with Crippen molar-refractivity contribution in [2.24, 2.45) is 0 Å². The Balaban J connectivity index is 1.94. The zero-order valence-electron chi connectivity index (χ0n) is 15.0. The van der Waals surface area contributed by atoms with Crippen molar-refractivity contribution in [1.82, 2.24) is 10.5 Å². The Hall–Kier alpha value is -3.23. The summed E-state index contributed by atoms with van der Waals surface area (Å²) in [4.78, 5) is 24.1. The number of carbonyl (C=O) groups is 2. The molecule has 0 fully saturated rings. The Morgan fingerprint density at radius 1 is 1.08 bits per heavy atom. The number of carbonyl (C=O) groups excluding carboxylic acids is 2. The van der Waals surface area contributed by atoms with Gasteiger partial charge in [0, 0.05) is 24.6 Å². The predicted molar refractivity (Wildman–Crippen MR) is 92.9 cm³/mol. The number of hydrogen-bond donors (Lipinski definition) is 2. The molecule has 0 atom stereocenters. The first-order chi connectivity index (χ1) is 12.5. The van der Waals surface area contributed by atoms with Crippen LogP contribution < -0.4 is 24.8 Å². The van der Waals surface area contributed by atoms with E-state index in [2.05, 4.69) is 15.8 Å². The third-order valence-corrected chi connectivity index (χ3v) is 3.46. The molecule has 0 saturated heterocycles. The van der Waals surface area contributed by atoms with Gasteiger partial charge in [0.2, 0.25) is 11.7 Å². The van der Waals surface area contributed by atoms with Crippen LogP contribution in [0.2, 0.25) is 0 Å². The SMILES string of the molecule is COc1cc(C(=O)NCCC(=O)Nc2cc(C)on2)cc(OC)c1OC. The standard InChI is InChI=1S/C17H21N3O6/c1-10-7-14(20-26-10)19-15(21)5-6-18-17(22)11-8-12(23-2)16(25-4)13(9-11)24-3/h7-9H,5-6H2,1-4H3,(H,18,22)(H,19,20,21). The quantitative estimate of drug-likeness (QED) is 0.735. The maximum absolute atomic E-state index is 12.3. The molecule has 2 amide bonds. The van der Waals surface area contributed by atoms with Crippen molar-refractivity contribution in [2.75, 3.05) is 33.2 Å². The third kappa shape index (κ3) is 4.65. The van der Waals surface area contributed by atoms with Gasteiger partial charge in [0.1, 0.15) is 5.76 Å². The van der Waals surface area contributed by atoms with Gasteiger partial charge < -0.3 is 29.4 Å². The first kappa shape index (κ1) is 19.1. The molecule has 0 bridgehead atoms. The fourth-order valence-electron chi connectivity index (χ4n) is 2.23. The van der Waals surface area contributed by atoms with E-state index in [0.29, 0.717) is 34.4 Å². The van der Waals surface area contributed by atoms with Gasteiger partial charge in [-0.1, -0.05) is 5.16 Å². The number of nitrogens with one attached hydrogen (secondary N) is 2. The second kappa shape index (κ2) is 8.75. The van der Waals surface area contributed by atoms with Gasteiger partial charge in [0.15, 0.2) is 17.3 Å². The van der Waals surface area contributed by atoms with Crippen molar-refractivity contribution >= 4 is 17.6 Å². The summed E-state index contributed by atoms with van der Waals surface area (Å²) in [6.45, 7) is 1.87. The lowest BCUT2D eigenvalue weighted by molar-refractivity contribution is -0.116. The first-order valence-electron chi connectivity index (χ1n) is 7.79. The van der Waals surface area contributed by atoms with Crippen LogP contribution in [0, 0.1) is 6.92 Å². The van der Waals surface area contributed by atoms with E-state index in [1.807, 2.05) is 0 Å². The summed E-state index contributed by atoms with van der Waals surface area (Å²) >= 11 is 0. The summed E-state index contributed by atoms with van der Waals surface area (Å²) in [7, 11) is 4.42. The Morgan fingerprint density at radius 2 is 1.73 bits per heavy atom. The largest absolute Gasteiger partial charge is 0.493 e. The molecule has 1 aromatic heterocycles. The van der Waals surface area contributed by atoms with Gasteiger partial charge >= 0.3 is 0 Å². The molecule has 2 N–H and O–H groups in total. The number of aromatic nitrogens is 1. The number of amides is 2. The molecule has 1 heterocycles.